The molecule has 0 atom stereocenters. The molecule has 0 unspecified atom stereocenters. The fourth-order valence-electron chi connectivity index (χ4n) is 9.67. The van der Waals surface area contributed by atoms with Crippen molar-refractivity contribution in [2.75, 3.05) is 13.2 Å². The van der Waals surface area contributed by atoms with Crippen molar-refractivity contribution in [3.8, 4) is 67.3 Å². The normalized spacial score (nSPS) is 16.4. The number of aromatic nitrogens is 3. The number of hydrogen-bond acceptors (Lipinski definition) is 9. The van der Waals surface area contributed by atoms with E-state index in [1.165, 1.54) is 38.5 Å². The highest BCUT2D eigenvalue weighted by atomic mass is 16.7. The largest absolute Gasteiger partial charge is 0.494 e. The van der Waals surface area contributed by atoms with Crippen molar-refractivity contribution in [2.24, 2.45) is 0 Å². The van der Waals surface area contributed by atoms with E-state index in [1.807, 2.05) is 42.7 Å². The molecule has 2 fully saturated rings. The molecule has 11 heteroatoms. The fourth-order valence-corrected chi connectivity index (χ4v) is 9.67. The van der Waals surface area contributed by atoms with Crippen molar-refractivity contribution < 1.29 is 28.1 Å². The van der Waals surface area contributed by atoms with Crippen LogP contribution in [0.15, 0.2) is 140 Å². The summed E-state index contributed by atoms with van der Waals surface area (Å²) in [7, 11) is -0.925. The molecule has 7 aromatic rings. The van der Waals surface area contributed by atoms with Crippen LogP contribution in [0.1, 0.15) is 132 Å². The van der Waals surface area contributed by atoms with Crippen LogP contribution in [0.5, 0.6) is 0 Å². The van der Waals surface area contributed by atoms with Gasteiger partial charge in [0.15, 0.2) is 0 Å². The third-order valence-corrected chi connectivity index (χ3v) is 15.8. The number of hydrogen-bond donors (Lipinski definition) is 0. The second-order valence-corrected chi connectivity index (χ2v) is 22.8. The fraction of sp³-hybridized carbons (Fsp3) is 0.400. The second kappa shape index (κ2) is 23.9. The molecule has 5 heterocycles. The minimum absolute atomic E-state index is 0.433. The maximum absolute atomic E-state index is 6.50. The molecule has 3 aromatic heterocycles. The van der Waals surface area contributed by atoms with E-state index >= 15 is 0 Å². The summed E-state index contributed by atoms with van der Waals surface area (Å²) in [6, 6.07) is 44.8. The molecule has 0 saturated carbocycles. The highest BCUT2D eigenvalue weighted by Gasteiger charge is 2.53. The van der Waals surface area contributed by atoms with Gasteiger partial charge in [-0.25, -0.2) is 4.98 Å². The number of benzene rings is 4. The van der Waals surface area contributed by atoms with Gasteiger partial charge in [-0.1, -0.05) is 143 Å². The zero-order valence-corrected chi connectivity index (χ0v) is 46.7. The number of ether oxygens (including phenoxy) is 2. The Morgan fingerprint density at radius 3 is 1.08 bits per heavy atom. The molecule has 0 amide bonds. The summed E-state index contributed by atoms with van der Waals surface area (Å²) < 4.78 is 38.3. The molecule has 394 valence electrons. The quantitative estimate of drug-likeness (QED) is 0.0486. The third-order valence-electron chi connectivity index (χ3n) is 15.8. The van der Waals surface area contributed by atoms with Gasteiger partial charge in [0.05, 0.1) is 58.4 Å². The minimum Gasteiger partial charge on any atom is -0.399 e. The van der Waals surface area contributed by atoms with Crippen molar-refractivity contribution in [2.45, 2.75) is 156 Å². The summed E-state index contributed by atoms with van der Waals surface area (Å²) in [5.41, 5.74) is 14.3. The molecule has 0 spiro atoms. The summed E-state index contributed by atoms with van der Waals surface area (Å²) in [5, 5.41) is 0. The Morgan fingerprint density at radius 1 is 0.382 bits per heavy atom. The summed E-state index contributed by atoms with van der Waals surface area (Å²) in [5.74, 6) is 0. The standard InChI is InChI=1S/C65H77B2N3O6/c1-11-13-15-17-34-71-44-46-36-54(40-56(38-46)66-73-62(3,4)63(5,6)74-66)50-26-22-48(23-27-50)52-30-32-58(68-42-52)60-20-19-21-61(70-60)59-33-31-53(43-69-59)49-24-28-51(29-25-49)55-37-47(45-72-35-18-16-14-12-2)39-57(41-55)67-75-64(7,8)65(9,10)76-67/h19-33,36-43H,11-18,34-35,44-45H2,1-10H3. The van der Waals surface area contributed by atoms with Crippen LogP contribution < -0.4 is 10.9 Å². The third kappa shape index (κ3) is 13.0. The molecule has 9 nitrogen and oxygen atoms in total. The summed E-state index contributed by atoms with van der Waals surface area (Å²) >= 11 is 0. The van der Waals surface area contributed by atoms with E-state index in [4.69, 9.17) is 43.0 Å². The van der Waals surface area contributed by atoms with Crippen molar-refractivity contribution in [1.82, 2.24) is 15.0 Å². The lowest BCUT2D eigenvalue weighted by Gasteiger charge is -2.32. The van der Waals surface area contributed by atoms with Crippen LogP contribution in [0.3, 0.4) is 0 Å². The Labute approximate surface area is 453 Å². The summed E-state index contributed by atoms with van der Waals surface area (Å²) in [6.07, 6.45) is 13.3. The van der Waals surface area contributed by atoms with E-state index in [2.05, 4.69) is 166 Å². The smallest absolute Gasteiger partial charge is 0.399 e. The molecule has 0 radical (unpaired) electrons. The molecule has 4 aromatic carbocycles. The van der Waals surface area contributed by atoms with Gasteiger partial charge >= 0.3 is 14.2 Å². The van der Waals surface area contributed by atoms with E-state index in [1.54, 1.807) is 0 Å². The summed E-state index contributed by atoms with van der Waals surface area (Å²) in [4.78, 5) is 14.8. The highest BCUT2D eigenvalue weighted by molar-refractivity contribution is 6.62. The van der Waals surface area contributed by atoms with Crippen LogP contribution in [0, 0.1) is 0 Å². The lowest BCUT2D eigenvalue weighted by atomic mass is 9.77. The van der Waals surface area contributed by atoms with Crippen LogP contribution in [0.2, 0.25) is 0 Å². The topological polar surface area (TPSA) is 94.1 Å². The van der Waals surface area contributed by atoms with Crippen LogP contribution in [-0.2, 0) is 41.3 Å². The molecule has 2 aliphatic heterocycles. The molecular weight excluding hydrogens is 940 g/mol. The lowest BCUT2D eigenvalue weighted by Crippen LogP contribution is -2.41. The van der Waals surface area contributed by atoms with Crippen LogP contribution in [0.4, 0.5) is 0 Å². The van der Waals surface area contributed by atoms with E-state index in [0.717, 1.165) is 115 Å². The van der Waals surface area contributed by atoms with Crippen molar-refractivity contribution in [3.63, 3.8) is 0 Å². The average molecular weight is 1020 g/mol. The van der Waals surface area contributed by atoms with Crippen molar-refractivity contribution in [1.29, 1.82) is 0 Å². The van der Waals surface area contributed by atoms with Crippen molar-refractivity contribution in [3.05, 3.63) is 151 Å². The van der Waals surface area contributed by atoms with Crippen LogP contribution in [-0.4, -0.2) is 64.8 Å². The number of pyridine rings is 3. The first-order chi connectivity index (χ1) is 36.5. The zero-order chi connectivity index (χ0) is 53.5. The van der Waals surface area contributed by atoms with Gasteiger partial charge in [-0.15, -0.1) is 0 Å². The zero-order valence-electron chi connectivity index (χ0n) is 46.7. The van der Waals surface area contributed by atoms with Gasteiger partial charge in [0.1, 0.15) is 0 Å². The van der Waals surface area contributed by atoms with Gasteiger partial charge in [-0.2, -0.15) is 0 Å². The molecule has 2 aliphatic rings. The van der Waals surface area contributed by atoms with Gasteiger partial charge < -0.3 is 28.1 Å². The predicted molar refractivity (Wildman–Crippen MR) is 311 cm³/mol. The first-order valence-corrected chi connectivity index (χ1v) is 27.8. The first-order valence-electron chi connectivity index (χ1n) is 27.8. The maximum atomic E-state index is 6.50. The SMILES string of the molecule is CCCCCCOCc1cc(B2OC(C)(C)C(C)(C)O2)cc(-c2ccc(-c3ccc(-c4cccc(-c5ccc(-c6ccc(-c7cc(COCCCCCC)cc(B8OC(C)(C)C(C)(C)O8)c7)cc6)cn5)n4)nc3)cc2)c1. The molecule has 0 N–H and O–H groups in total. The minimum atomic E-state index is -0.462. The maximum Gasteiger partial charge on any atom is 0.494 e. The van der Waals surface area contributed by atoms with Crippen LogP contribution >= 0.6 is 0 Å². The Bertz CT molecular complexity index is 2800. The number of nitrogens with zero attached hydrogens (tertiary/aromatic N) is 3. The Kier molecular flexibility index (Phi) is 17.3. The van der Waals surface area contributed by atoms with Gasteiger partial charge in [0.25, 0.3) is 0 Å². The van der Waals surface area contributed by atoms with E-state index in [-0.39, 0.29) is 0 Å². The predicted octanol–water partition coefficient (Wildman–Crippen LogP) is 14.7. The molecular formula is C65H77B2N3O6. The molecule has 0 aliphatic carbocycles. The Balaban J connectivity index is 0.864. The molecule has 0 bridgehead atoms. The average Bonchev–Trinajstić information content (AvgIpc) is 3.80. The highest BCUT2D eigenvalue weighted by Crippen LogP contribution is 2.39. The van der Waals surface area contributed by atoms with E-state index < -0.39 is 36.6 Å². The molecule has 2 saturated heterocycles. The summed E-state index contributed by atoms with van der Waals surface area (Å²) in [6.45, 7) is 23.8. The second-order valence-electron chi connectivity index (χ2n) is 22.8. The monoisotopic (exact) mass is 1020 g/mol. The molecule has 9 rings (SSSR count). The van der Waals surface area contributed by atoms with E-state index in [9.17, 15) is 0 Å². The van der Waals surface area contributed by atoms with Crippen molar-refractivity contribution >= 4 is 25.2 Å². The Hall–Kier alpha value is -5.78. The van der Waals surface area contributed by atoms with Gasteiger partial charge in [0.2, 0.25) is 0 Å². The number of rotatable bonds is 22. The first kappa shape index (κ1) is 55.0. The van der Waals surface area contributed by atoms with Crippen LogP contribution in [0.25, 0.3) is 67.3 Å². The number of unbranched alkanes of at least 4 members (excludes halogenated alkanes) is 6. The van der Waals surface area contributed by atoms with Gasteiger partial charge in [-0.05, 0) is 160 Å². The van der Waals surface area contributed by atoms with E-state index in [0.29, 0.717) is 13.2 Å². The molecule has 76 heavy (non-hydrogen) atoms. The Morgan fingerprint density at radius 2 is 0.737 bits per heavy atom. The van der Waals surface area contributed by atoms with Gasteiger partial charge in [0, 0.05) is 36.7 Å². The van der Waals surface area contributed by atoms with Gasteiger partial charge in [-0.3, -0.25) is 9.97 Å². The lowest BCUT2D eigenvalue weighted by molar-refractivity contribution is 0.00578.